The van der Waals surface area contributed by atoms with Crippen molar-refractivity contribution in [1.82, 2.24) is 0 Å². The average molecular weight is 168 g/mol. The molecule has 0 unspecified atom stereocenters. The maximum atomic E-state index is 9.24. The molecule has 0 bridgehead atoms. The van der Waals surface area contributed by atoms with Gasteiger partial charge in [0.15, 0.2) is 0 Å². The van der Waals surface area contributed by atoms with Crippen molar-refractivity contribution in [3.05, 3.63) is 29.8 Å². The van der Waals surface area contributed by atoms with Crippen molar-refractivity contribution in [3.63, 3.8) is 0 Å². The van der Waals surface area contributed by atoms with Gasteiger partial charge in [0.05, 0.1) is 13.7 Å². The maximum Gasteiger partial charge on any atom is 0.119 e. The fraction of sp³-hybridized carbons (Fsp3) is 0.333. The Hall–Kier alpha value is -1.06. The second kappa shape index (κ2) is 4.09. The SMILES string of the molecule is COc1cccc([C@@H](O)CO)c1. The Labute approximate surface area is 71.2 Å². The van der Waals surface area contributed by atoms with Gasteiger partial charge in [-0.15, -0.1) is 0 Å². The van der Waals surface area contributed by atoms with Crippen LogP contribution in [0.5, 0.6) is 5.75 Å². The first-order chi connectivity index (χ1) is 5.77. The summed E-state index contributed by atoms with van der Waals surface area (Å²) < 4.78 is 4.96. The van der Waals surface area contributed by atoms with Crippen molar-refractivity contribution in [2.75, 3.05) is 13.7 Å². The van der Waals surface area contributed by atoms with E-state index in [4.69, 9.17) is 9.84 Å². The second-order valence-electron chi connectivity index (χ2n) is 2.47. The minimum Gasteiger partial charge on any atom is -0.497 e. The summed E-state index contributed by atoms with van der Waals surface area (Å²) >= 11 is 0. The fourth-order valence-corrected chi connectivity index (χ4v) is 0.954. The van der Waals surface area contributed by atoms with Crippen LogP contribution in [-0.2, 0) is 0 Å². The largest absolute Gasteiger partial charge is 0.497 e. The van der Waals surface area contributed by atoms with Crippen LogP contribution >= 0.6 is 0 Å². The highest BCUT2D eigenvalue weighted by Gasteiger charge is 2.05. The van der Waals surface area contributed by atoms with Gasteiger partial charge in [0.2, 0.25) is 0 Å². The van der Waals surface area contributed by atoms with Gasteiger partial charge in [-0.1, -0.05) is 12.1 Å². The van der Waals surface area contributed by atoms with E-state index in [1.165, 1.54) is 0 Å². The van der Waals surface area contributed by atoms with Crippen LogP contribution in [0.2, 0.25) is 0 Å². The van der Waals surface area contributed by atoms with E-state index in [1.54, 1.807) is 31.4 Å². The summed E-state index contributed by atoms with van der Waals surface area (Å²) in [6.07, 6.45) is -0.819. The number of aliphatic hydroxyl groups excluding tert-OH is 2. The number of hydrogen-bond acceptors (Lipinski definition) is 3. The van der Waals surface area contributed by atoms with Gasteiger partial charge >= 0.3 is 0 Å². The molecule has 1 atom stereocenters. The van der Waals surface area contributed by atoms with Gasteiger partial charge in [-0.3, -0.25) is 0 Å². The molecule has 0 saturated heterocycles. The predicted molar refractivity (Wildman–Crippen MR) is 45.0 cm³/mol. The monoisotopic (exact) mass is 168 g/mol. The molecule has 0 spiro atoms. The van der Waals surface area contributed by atoms with Crippen LogP contribution in [0.3, 0.4) is 0 Å². The molecule has 0 saturated carbocycles. The normalized spacial score (nSPS) is 12.6. The summed E-state index contributed by atoms with van der Waals surface area (Å²) in [5.74, 6) is 0.681. The van der Waals surface area contributed by atoms with E-state index in [0.717, 1.165) is 0 Å². The highest BCUT2D eigenvalue weighted by molar-refractivity contribution is 5.29. The highest BCUT2D eigenvalue weighted by Crippen LogP contribution is 2.18. The third-order valence-electron chi connectivity index (χ3n) is 1.65. The Morgan fingerprint density at radius 2 is 2.25 bits per heavy atom. The zero-order valence-electron chi connectivity index (χ0n) is 6.90. The lowest BCUT2D eigenvalue weighted by Gasteiger charge is -2.08. The molecule has 3 nitrogen and oxygen atoms in total. The van der Waals surface area contributed by atoms with E-state index in [0.29, 0.717) is 11.3 Å². The lowest BCUT2D eigenvalue weighted by atomic mass is 10.1. The average Bonchev–Trinajstić information content (AvgIpc) is 2.17. The van der Waals surface area contributed by atoms with Gasteiger partial charge in [-0.05, 0) is 17.7 Å². The fourth-order valence-electron chi connectivity index (χ4n) is 0.954. The molecule has 66 valence electrons. The van der Waals surface area contributed by atoms with Gasteiger partial charge in [0, 0.05) is 0 Å². The quantitative estimate of drug-likeness (QED) is 0.699. The van der Waals surface area contributed by atoms with Crippen molar-refractivity contribution in [3.8, 4) is 5.75 Å². The molecule has 1 aromatic rings. The Morgan fingerprint density at radius 3 is 2.83 bits per heavy atom. The number of ether oxygens (including phenoxy) is 1. The van der Waals surface area contributed by atoms with E-state index in [1.807, 2.05) is 0 Å². The summed E-state index contributed by atoms with van der Waals surface area (Å²) in [7, 11) is 1.56. The molecule has 12 heavy (non-hydrogen) atoms. The van der Waals surface area contributed by atoms with E-state index in [-0.39, 0.29) is 6.61 Å². The zero-order valence-corrected chi connectivity index (χ0v) is 6.90. The number of methoxy groups -OCH3 is 1. The first-order valence-corrected chi connectivity index (χ1v) is 3.71. The molecule has 0 heterocycles. The molecule has 0 aliphatic carbocycles. The standard InChI is InChI=1S/C9H12O3/c1-12-8-4-2-3-7(5-8)9(11)6-10/h2-5,9-11H,6H2,1H3/t9-/m0/s1. The van der Waals surface area contributed by atoms with Crippen molar-refractivity contribution >= 4 is 0 Å². The molecular formula is C9H12O3. The number of benzene rings is 1. The third-order valence-corrected chi connectivity index (χ3v) is 1.65. The van der Waals surface area contributed by atoms with Crippen LogP contribution in [0.1, 0.15) is 11.7 Å². The summed E-state index contributed by atoms with van der Waals surface area (Å²) in [5.41, 5.74) is 0.664. The van der Waals surface area contributed by atoms with Crippen LogP contribution in [0, 0.1) is 0 Å². The van der Waals surface area contributed by atoms with Crippen molar-refractivity contribution in [2.45, 2.75) is 6.10 Å². The number of rotatable bonds is 3. The third kappa shape index (κ3) is 1.96. The van der Waals surface area contributed by atoms with E-state index < -0.39 is 6.10 Å². The van der Waals surface area contributed by atoms with E-state index >= 15 is 0 Å². The van der Waals surface area contributed by atoms with Crippen LogP contribution in [0.4, 0.5) is 0 Å². The molecule has 0 aromatic heterocycles. The topological polar surface area (TPSA) is 49.7 Å². The van der Waals surface area contributed by atoms with Crippen molar-refractivity contribution in [1.29, 1.82) is 0 Å². The van der Waals surface area contributed by atoms with Gasteiger partial charge in [-0.2, -0.15) is 0 Å². The lowest BCUT2D eigenvalue weighted by Crippen LogP contribution is -2.02. The van der Waals surface area contributed by atoms with E-state index in [2.05, 4.69) is 0 Å². The number of hydrogen-bond donors (Lipinski definition) is 2. The molecule has 0 aliphatic rings. The Kier molecular flexibility index (Phi) is 3.08. The first-order valence-electron chi connectivity index (χ1n) is 3.71. The lowest BCUT2D eigenvalue weighted by molar-refractivity contribution is 0.0954. The summed E-state index contributed by atoms with van der Waals surface area (Å²) in [6.45, 7) is -0.271. The minimum atomic E-state index is -0.819. The molecule has 0 aliphatic heterocycles. The Balaban J connectivity index is 2.86. The Bertz CT molecular complexity index is 247. The molecule has 3 heteroatoms. The molecule has 0 radical (unpaired) electrons. The van der Waals surface area contributed by atoms with Gasteiger partial charge in [0.1, 0.15) is 11.9 Å². The van der Waals surface area contributed by atoms with Crippen LogP contribution < -0.4 is 4.74 Å². The molecule has 0 amide bonds. The van der Waals surface area contributed by atoms with Gasteiger partial charge < -0.3 is 14.9 Å². The minimum absolute atomic E-state index is 0.271. The summed E-state index contributed by atoms with van der Waals surface area (Å²) in [6, 6.07) is 6.99. The van der Waals surface area contributed by atoms with E-state index in [9.17, 15) is 5.11 Å². The predicted octanol–water partition coefficient (Wildman–Crippen LogP) is 0.721. The maximum absolute atomic E-state index is 9.24. The summed E-state index contributed by atoms with van der Waals surface area (Å²) in [4.78, 5) is 0. The first kappa shape index (κ1) is 9.03. The smallest absolute Gasteiger partial charge is 0.119 e. The van der Waals surface area contributed by atoms with Crippen LogP contribution in [0.25, 0.3) is 0 Å². The van der Waals surface area contributed by atoms with Crippen LogP contribution in [0.15, 0.2) is 24.3 Å². The van der Waals surface area contributed by atoms with Gasteiger partial charge in [-0.25, -0.2) is 0 Å². The molecule has 1 rings (SSSR count). The van der Waals surface area contributed by atoms with Crippen LogP contribution in [-0.4, -0.2) is 23.9 Å². The molecular weight excluding hydrogens is 156 g/mol. The molecule has 0 fully saturated rings. The number of aliphatic hydroxyl groups is 2. The van der Waals surface area contributed by atoms with Crippen molar-refractivity contribution in [2.24, 2.45) is 0 Å². The van der Waals surface area contributed by atoms with Crippen molar-refractivity contribution < 1.29 is 14.9 Å². The molecule has 1 aromatic carbocycles. The Morgan fingerprint density at radius 1 is 1.50 bits per heavy atom. The van der Waals surface area contributed by atoms with Gasteiger partial charge in [0.25, 0.3) is 0 Å². The molecule has 2 N–H and O–H groups in total. The summed E-state index contributed by atoms with van der Waals surface area (Å²) in [5, 5.41) is 17.9. The second-order valence-corrected chi connectivity index (χ2v) is 2.47. The zero-order chi connectivity index (χ0) is 8.97. The highest BCUT2D eigenvalue weighted by atomic mass is 16.5.